The Balaban J connectivity index is 2.09. The normalized spacial score (nSPS) is 19.8. The highest BCUT2D eigenvalue weighted by atomic mass is 79.9. The fraction of sp³-hybridized carbons (Fsp3) is 0.545. The van der Waals surface area contributed by atoms with Crippen molar-refractivity contribution in [3.8, 4) is 0 Å². The summed E-state index contributed by atoms with van der Waals surface area (Å²) in [6, 6.07) is 4.37. The third-order valence-corrected chi connectivity index (χ3v) is 4.66. The molecule has 0 bridgehead atoms. The molecule has 2 rings (SSSR count). The van der Waals surface area contributed by atoms with Crippen LogP contribution in [0, 0.1) is 0 Å². The lowest BCUT2D eigenvalue weighted by Gasteiger charge is -2.28. The van der Waals surface area contributed by atoms with E-state index >= 15 is 0 Å². The molecule has 3 N–H and O–H groups in total. The van der Waals surface area contributed by atoms with E-state index in [1.165, 1.54) is 4.88 Å². The topological polar surface area (TPSA) is 58.4 Å². The highest BCUT2D eigenvalue weighted by molar-refractivity contribution is 9.11. The molecule has 0 spiro atoms. The summed E-state index contributed by atoms with van der Waals surface area (Å²) in [6.07, 6.45) is 0.559. The Bertz CT molecular complexity index is 396. The number of carbonyl (C=O) groups is 1. The van der Waals surface area contributed by atoms with E-state index in [1.807, 2.05) is 6.07 Å². The fourth-order valence-corrected chi connectivity index (χ4v) is 3.62. The molecule has 1 unspecified atom stereocenters. The van der Waals surface area contributed by atoms with Crippen LogP contribution in [-0.2, 0) is 4.79 Å². The zero-order valence-corrected chi connectivity index (χ0v) is 11.9. The lowest BCUT2D eigenvalue weighted by molar-refractivity contribution is -0.120. The maximum Gasteiger partial charge on any atom is 0.221 e. The quantitative estimate of drug-likeness (QED) is 0.884. The van der Waals surface area contributed by atoms with Crippen molar-refractivity contribution in [3.63, 3.8) is 0 Å². The first kappa shape index (κ1) is 13.0. The van der Waals surface area contributed by atoms with Gasteiger partial charge in [-0.2, -0.15) is 0 Å². The molecule has 1 saturated heterocycles. The first-order valence-corrected chi connectivity index (χ1v) is 7.27. The van der Waals surface area contributed by atoms with Crippen molar-refractivity contribution in [1.29, 1.82) is 0 Å². The summed E-state index contributed by atoms with van der Waals surface area (Å²) in [4.78, 5) is 14.9. The predicted octanol–water partition coefficient (Wildman–Crippen LogP) is 1.33. The molecule has 17 heavy (non-hydrogen) atoms. The van der Waals surface area contributed by atoms with Gasteiger partial charge in [-0.1, -0.05) is 0 Å². The molecule has 2 heterocycles. The van der Waals surface area contributed by atoms with Crippen molar-refractivity contribution in [2.45, 2.75) is 12.5 Å². The Morgan fingerprint density at radius 2 is 2.35 bits per heavy atom. The number of hydrogen-bond donors (Lipinski definition) is 2. The number of carbonyl (C=O) groups excluding carboxylic acids is 1. The standard InChI is InChI=1S/C11H16BrN3OS/c12-10-2-1-9(17-10)8(7-13)15-5-3-11(16)14-4-6-15/h1-2,8H,3-7,13H2,(H,14,16). The number of halogens is 1. The van der Waals surface area contributed by atoms with Gasteiger partial charge in [0.2, 0.25) is 5.91 Å². The molecular formula is C11H16BrN3OS. The molecule has 0 aliphatic carbocycles. The van der Waals surface area contributed by atoms with Gasteiger partial charge >= 0.3 is 0 Å². The SMILES string of the molecule is NCC(c1ccc(Br)s1)N1CCNC(=O)CC1. The third-order valence-electron chi connectivity index (χ3n) is 2.93. The summed E-state index contributed by atoms with van der Waals surface area (Å²) < 4.78 is 1.12. The number of nitrogens with two attached hydrogens (primary N) is 1. The first-order valence-electron chi connectivity index (χ1n) is 5.66. The van der Waals surface area contributed by atoms with Crippen molar-refractivity contribution in [2.24, 2.45) is 5.73 Å². The number of rotatable bonds is 3. The van der Waals surface area contributed by atoms with Crippen LogP contribution in [0.15, 0.2) is 15.9 Å². The van der Waals surface area contributed by atoms with Crippen LogP contribution in [0.3, 0.4) is 0 Å². The molecule has 4 nitrogen and oxygen atoms in total. The van der Waals surface area contributed by atoms with E-state index in [4.69, 9.17) is 5.73 Å². The van der Waals surface area contributed by atoms with Crippen LogP contribution in [-0.4, -0.2) is 37.0 Å². The molecule has 1 amide bonds. The Hall–Kier alpha value is -0.430. The summed E-state index contributed by atoms with van der Waals surface area (Å²) in [5.41, 5.74) is 5.87. The molecule has 94 valence electrons. The van der Waals surface area contributed by atoms with Crippen molar-refractivity contribution >= 4 is 33.2 Å². The lowest BCUT2D eigenvalue weighted by Crippen LogP contribution is -2.35. The van der Waals surface area contributed by atoms with Gasteiger partial charge in [0.1, 0.15) is 0 Å². The molecule has 1 fully saturated rings. The van der Waals surface area contributed by atoms with Gasteiger partial charge in [-0.05, 0) is 28.1 Å². The third kappa shape index (κ3) is 3.28. The highest BCUT2D eigenvalue weighted by Gasteiger charge is 2.23. The zero-order chi connectivity index (χ0) is 12.3. The Morgan fingerprint density at radius 3 is 3.00 bits per heavy atom. The number of amides is 1. The number of hydrogen-bond acceptors (Lipinski definition) is 4. The van der Waals surface area contributed by atoms with Gasteiger partial charge in [0, 0.05) is 37.5 Å². The number of nitrogens with one attached hydrogen (secondary N) is 1. The Labute approximate surface area is 113 Å². The summed E-state index contributed by atoms with van der Waals surface area (Å²) >= 11 is 5.18. The Kier molecular flexibility index (Phi) is 4.55. The highest BCUT2D eigenvalue weighted by Crippen LogP contribution is 2.30. The predicted molar refractivity (Wildman–Crippen MR) is 73.0 cm³/mol. The summed E-state index contributed by atoms with van der Waals surface area (Å²) in [5.74, 6) is 0.135. The van der Waals surface area contributed by atoms with Crippen LogP contribution in [0.1, 0.15) is 17.3 Å². The maximum atomic E-state index is 11.3. The van der Waals surface area contributed by atoms with E-state index < -0.39 is 0 Å². The first-order chi connectivity index (χ1) is 8.20. The minimum absolute atomic E-state index is 0.135. The van der Waals surface area contributed by atoms with Crippen molar-refractivity contribution in [3.05, 3.63) is 20.8 Å². The van der Waals surface area contributed by atoms with Gasteiger partial charge in [0.25, 0.3) is 0 Å². The van der Waals surface area contributed by atoms with Crippen molar-refractivity contribution in [2.75, 3.05) is 26.2 Å². The minimum atomic E-state index is 0.135. The second-order valence-electron chi connectivity index (χ2n) is 4.03. The van der Waals surface area contributed by atoms with Crippen LogP contribution in [0.2, 0.25) is 0 Å². The maximum absolute atomic E-state index is 11.3. The second kappa shape index (κ2) is 5.95. The van der Waals surface area contributed by atoms with Gasteiger partial charge in [-0.15, -0.1) is 11.3 Å². The number of thiophene rings is 1. The molecule has 1 aliphatic heterocycles. The van der Waals surface area contributed by atoms with E-state index in [9.17, 15) is 4.79 Å². The summed E-state index contributed by atoms with van der Waals surface area (Å²) in [5, 5.41) is 2.88. The molecule has 6 heteroatoms. The molecule has 1 aromatic heterocycles. The zero-order valence-electron chi connectivity index (χ0n) is 9.49. The second-order valence-corrected chi connectivity index (χ2v) is 6.52. The lowest BCUT2D eigenvalue weighted by atomic mass is 10.2. The average molecular weight is 318 g/mol. The molecule has 1 atom stereocenters. The summed E-state index contributed by atoms with van der Waals surface area (Å²) in [6.45, 7) is 2.94. The number of nitrogens with zero attached hydrogens (tertiary/aromatic N) is 1. The van der Waals surface area contributed by atoms with E-state index in [0.717, 1.165) is 16.9 Å². The van der Waals surface area contributed by atoms with Gasteiger partial charge in [-0.25, -0.2) is 0 Å². The van der Waals surface area contributed by atoms with Gasteiger partial charge in [0.05, 0.1) is 9.83 Å². The van der Waals surface area contributed by atoms with Crippen LogP contribution in [0.25, 0.3) is 0 Å². The van der Waals surface area contributed by atoms with Crippen molar-refractivity contribution in [1.82, 2.24) is 10.2 Å². The van der Waals surface area contributed by atoms with Crippen LogP contribution in [0.5, 0.6) is 0 Å². The minimum Gasteiger partial charge on any atom is -0.355 e. The summed E-state index contributed by atoms with van der Waals surface area (Å²) in [7, 11) is 0. The van der Waals surface area contributed by atoms with Gasteiger partial charge in [-0.3, -0.25) is 9.69 Å². The Morgan fingerprint density at radius 1 is 1.53 bits per heavy atom. The van der Waals surface area contributed by atoms with E-state index in [-0.39, 0.29) is 11.9 Å². The largest absolute Gasteiger partial charge is 0.355 e. The van der Waals surface area contributed by atoms with Crippen LogP contribution < -0.4 is 11.1 Å². The molecule has 1 aromatic rings. The van der Waals surface area contributed by atoms with Crippen LogP contribution in [0.4, 0.5) is 0 Å². The van der Waals surface area contributed by atoms with Gasteiger partial charge < -0.3 is 11.1 Å². The molecular weight excluding hydrogens is 302 g/mol. The smallest absolute Gasteiger partial charge is 0.221 e. The average Bonchev–Trinajstić information content (AvgIpc) is 2.61. The fourth-order valence-electron chi connectivity index (χ4n) is 2.05. The molecule has 0 radical (unpaired) electrons. The monoisotopic (exact) mass is 317 g/mol. The van der Waals surface area contributed by atoms with Gasteiger partial charge in [0.15, 0.2) is 0 Å². The molecule has 0 aromatic carbocycles. The van der Waals surface area contributed by atoms with E-state index in [0.29, 0.717) is 19.5 Å². The molecule has 1 aliphatic rings. The van der Waals surface area contributed by atoms with E-state index in [2.05, 4.69) is 32.2 Å². The molecule has 0 saturated carbocycles. The van der Waals surface area contributed by atoms with Crippen LogP contribution >= 0.6 is 27.3 Å². The van der Waals surface area contributed by atoms with E-state index in [1.54, 1.807) is 11.3 Å². The van der Waals surface area contributed by atoms with Crippen molar-refractivity contribution < 1.29 is 4.79 Å².